The molecule has 0 spiro atoms. The van der Waals surface area contributed by atoms with E-state index in [1.807, 2.05) is 27.7 Å². The Morgan fingerprint density at radius 1 is 1.18 bits per heavy atom. The van der Waals surface area contributed by atoms with Crippen molar-refractivity contribution in [1.82, 2.24) is 10.4 Å². The molecular formula is C15H33N3O4. The lowest BCUT2D eigenvalue weighted by Crippen LogP contribution is -2.34. The number of likely N-dealkylation sites (N-methyl/N-ethyl adjacent to an activating group) is 1. The van der Waals surface area contributed by atoms with Crippen LogP contribution in [0.5, 0.6) is 0 Å². The summed E-state index contributed by atoms with van der Waals surface area (Å²) < 4.78 is 0. The number of carbonyl (C=O) groups is 2. The molecule has 0 heterocycles. The molecule has 7 heteroatoms. The molecule has 0 saturated heterocycles. The molecule has 22 heavy (non-hydrogen) atoms. The zero-order chi connectivity index (χ0) is 18.1. The number of hydrogen-bond donors (Lipinski definition) is 3. The van der Waals surface area contributed by atoms with Gasteiger partial charge in [0.1, 0.15) is 11.9 Å². The van der Waals surface area contributed by atoms with E-state index in [-0.39, 0.29) is 5.84 Å². The molecular weight excluding hydrogens is 286 g/mol. The van der Waals surface area contributed by atoms with Crippen molar-refractivity contribution in [2.75, 3.05) is 13.6 Å². The van der Waals surface area contributed by atoms with Crippen LogP contribution in [0.1, 0.15) is 60.8 Å². The van der Waals surface area contributed by atoms with Gasteiger partial charge in [0.05, 0.1) is 6.54 Å². The number of carboxylic acid groups (broad SMARTS) is 1. The number of amidine groups is 1. The Balaban J connectivity index is -0.000000826. The van der Waals surface area contributed by atoms with Crippen molar-refractivity contribution in [3.05, 3.63) is 0 Å². The fraction of sp³-hybridized carbons (Fsp3) is 0.800. The van der Waals surface area contributed by atoms with E-state index in [1.54, 1.807) is 7.05 Å². The number of nitrogens with one attached hydrogen (secondary N) is 2. The Kier molecular flexibility index (Phi) is 20.1. The molecule has 0 saturated carbocycles. The molecule has 0 fully saturated rings. The van der Waals surface area contributed by atoms with Crippen LogP contribution in [0.4, 0.5) is 0 Å². The highest BCUT2D eigenvalue weighted by Crippen LogP contribution is 2.04. The maximum Gasteiger partial charge on any atom is 0.329 e. The first-order valence-corrected chi connectivity index (χ1v) is 7.79. The summed E-state index contributed by atoms with van der Waals surface area (Å²) in [5, 5.41) is 20.1. The summed E-state index contributed by atoms with van der Waals surface area (Å²) in [6.45, 7) is 11.2. The lowest BCUT2D eigenvalue weighted by atomic mass is 10.1. The van der Waals surface area contributed by atoms with Crippen LogP contribution < -0.4 is 5.32 Å². The van der Waals surface area contributed by atoms with E-state index < -0.39 is 18.0 Å². The highest BCUT2D eigenvalue weighted by atomic mass is 16.7. The van der Waals surface area contributed by atoms with Gasteiger partial charge in [0.25, 0.3) is 0 Å². The monoisotopic (exact) mass is 319 g/mol. The van der Waals surface area contributed by atoms with E-state index in [1.165, 1.54) is 18.9 Å². The van der Waals surface area contributed by atoms with Crippen molar-refractivity contribution in [3.63, 3.8) is 0 Å². The summed E-state index contributed by atoms with van der Waals surface area (Å²) in [4.78, 5) is 26.4. The molecule has 0 amide bonds. The Morgan fingerprint density at radius 3 is 2.00 bits per heavy atom. The van der Waals surface area contributed by atoms with Crippen LogP contribution in [0.25, 0.3) is 0 Å². The smallest absolute Gasteiger partial charge is 0.329 e. The van der Waals surface area contributed by atoms with E-state index in [4.69, 9.17) is 15.4 Å². The van der Waals surface area contributed by atoms with Crippen LogP contribution in [-0.4, -0.2) is 47.6 Å². The molecule has 0 aliphatic heterocycles. The Morgan fingerprint density at radius 2 is 1.68 bits per heavy atom. The number of carboxylic acids is 1. The van der Waals surface area contributed by atoms with Gasteiger partial charge in [-0.3, -0.25) is 15.0 Å². The number of nitrogens with zero attached hydrogens (tertiary/aromatic N) is 1. The number of rotatable bonds is 7. The van der Waals surface area contributed by atoms with Gasteiger partial charge >= 0.3 is 11.9 Å². The Labute approximate surface area is 134 Å². The summed E-state index contributed by atoms with van der Waals surface area (Å²) in [5.41, 5.74) is 0. The van der Waals surface area contributed by atoms with Crippen LogP contribution in [0.3, 0.4) is 0 Å². The summed E-state index contributed by atoms with van der Waals surface area (Å²) in [6.07, 6.45) is 1.81. The van der Waals surface area contributed by atoms with Crippen molar-refractivity contribution < 1.29 is 19.5 Å². The first-order valence-electron chi connectivity index (χ1n) is 7.79. The third-order valence-electron chi connectivity index (χ3n) is 2.36. The minimum atomic E-state index is -0.877. The molecule has 0 rings (SSSR count). The van der Waals surface area contributed by atoms with Gasteiger partial charge in [-0.15, -0.1) is 0 Å². The second kappa shape index (κ2) is 17.4. The quantitative estimate of drug-likeness (QED) is 0.288. The number of hydroxylamine groups is 2. The van der Waals surface area contributed by atoms with E-state index in [0.717, 1.165) is 0 Å². The van der Waals surface area contributed by atoms with Gasteiger partial charge in [-0.05, 0) is 33.2 Å². The summed E-state index contributed by atoms with van der Waals surface area (Å²) in [7, 11) is 1.60. The first kappa shape index (κ1) is 25.3. The van der Waals surface area contributed by atoms with Gasteiger partial charge in [-0.2, -0.15) is 5.06 Å². The standard InChI is InChI=1S/C11H21N3O4.2C2H6/c1-8(12)14(18-9(2)15)7-5-4-6-10(13-3)11(16)17;2*1-2/h10,12-13H,4-7H2,1-3H3,(H,16,17);2*1-2H3/t10-;;/m0../s1. The fourth-order valence-electron chi connectivity index (χ4n) is 1.43. The SMILES string of the molecule is CC.CC.CN[C@@H](CCCCN(OC(C)=O)C(C)=N)C(=O)O. The minimum absolute atomic E-state index is 0.147. The second-order valence-electron chi connectivity index (χ2n) is 3.95. The minimum Gasteiger partial charge on any atom is -0.480 e. The van der Waals surface area contributed by atoms with Gasteiger partial charge in [0.15, 0.2) is 0 Å². The molecule has 132 valence electrons. The average molecular weight is 319 g/mol. The van der Waals surface area contributed by atoms with E-state index >= 15 is 0 Å². The summed E-state index contributed by atoms with van der Waals surface area (Å²) >= 11 is 0. The summed E-state index contributed by atoms with van der Waals surface area (Å²) in [5.74, 6) is -1.20. The van der Waals surface area contributed by atoms with Crippen LogP contribution in [0.2, 0.25) is 0 Å². The van der Waals surface area contributed by atoms with Crippen LogP contribution >= 0.6 is 0 Å². The van der Waals surface area contributed by atoms with Gasteiger partial charge in [-0.25, -0.2) is 0 Å². The molecule has 0 aliphatic carbocycles. The molecule has 7 nitrogen and oxygen atoms in total. The molecule has 1 atom stereocenters. The van der Waals surface area contributed by atoms with E-state index in [9.17, 15) is 9.59 Å². The summed E-state index contributed by atoms with van der Waals surface area (Å²) in [6, 6.07) is -0.562. The zero-order valence-corrected chi connectivity index (χ0v) is 15.0. The normalized spacial score (nSPS) is 10.1. The second-order valence-corrected chi connectivity index (χ2v) is 3.95. The van der Waals surface area contributed by atoms with Crippen molar-refractivity contribution in [3.8, 4) is 0 Å². The maximum absolute atomic E-state index is 10.8. The van der Waals surface area contributed by atoms with Crippen LogP contribution in [0.15, 0.2) is 0 Å². The largest absolute Gasteiger partial charge is 0.480 e. The van der Waals surface area contributed by atoms with Crippen molar-refractivity contribution in [2.24, 2.45) is 0 Å². The van der Waals surface area contributed by atoms with Gasteiger partial charge in [0.2, 0.25) is 0 Å². The van der Waals surface area contributed by atoms with Crippen LogP contribution in [0, 0.1) is 5.41 Å². The van der Waals surface area contributed by atoms with Crippen LogP contribution in [-0.2, 0) is 14.4 Å². The molecule has 0 bridgehead atoms. The number of unbranched alkanes of at least 4 members (excludes halogenated alkanes) is 1. The average Bonchev–Trinajstić information content (AvgIpc) is 2.49. The number of hydrogen-bond acceptors (Lipinski definition) is 5. The third-order valence-corrected chi connectivity index (χ3v) is 2.36. The lowest BCUT2D eigenvalue weighted by molar-refractivity contribution is -0.170. The predicted octanol–water partition coefficient (Wildman–Crippen LogP) is 2.66. The molecule has 0 aromatic heterocycles. The van der Waals surface area contributed by atoms with Crippen molar-refractivity contribution in [1.29, 1.82) is 5.41 Å². The molecule has 3 N–H and O–H groups in total. The maximum atomic E-state index is 10.8. The zero-order valence-electron chi connectivity index (χ0n) is 15.0. The Hall–Kier alpha value is -1.63. The lowest BCUT2D eigenvalue weighted by Gasteiger charge is -2.21. The van der Waals surface area contributed by atoms with Gasteiger partial charge in [-0.1, -0.05) is 27.7 Å². The van der Waals surface area contributed by atoms with Gasteiger partial charge in [0, 0.05) is 6.92 Å². The fourth-order valence-corrected chi connectivity index (χ4v) is 1.43. The Bertz CT molecular complexity index is 309. The van der Waals surface area contributed by atoms with E-state index in [2.05, 4.69) is 5.32 Å². The number of aliphatic carboxylic acids is 1. The van der Waals surface area contributed by atoms with Gasteiger partial charge < -0.3 is 15.3 Å². The molecule has 0 aliphatic rings. The highest BCUT2D eigenvalue weighted by molar-refractivity contribution is 5.77. The van der Waals surface area contributed by atoms with Crippen molar-refractivity contribution in [2.45, 2.75) is 66.8 Å². The predicted molar refractivity (Wildman–Crippen MR) is 88.9 cm³/mol. The molecule has 0 aromatic carbocycles. The van der Waals surface area contributed by atoms with Crippen molar-refractivity contribution >= 4 is 17.8 Å². The highest BCUT2D eigenvalue weighted by Gasteiger charge is 2.15. The topological polar surface area (TPSA) is 103 Å². The van der Waals surface area contributed by atoms with E-state index in [0.29, 0.717) is 25.8 Å². The number of carbonyl (C=O) groups excluding carboxylic acids is 1. The molecule has 0 unspecified atom stereocenters. The molecule has 0 radical (unpaired) electrons. The first-order chi connectivity index (χ1) is 10.4. The third kappa shape index (κ3) is 14.8. The molecule has 0 aromatic rings.